The van der Waals surface area contributed by atoms with E-state index in [-0.39, 0.29) is 24.6 Å². The van der Waals surface area contributed by atoms with Gasteiger partial charge in [-0.05, 0) is 87.9 Å². The summed E-state index contributed by atoms with van der Waals surface area (Å²) >= 11 is 0. The Morgan fingerprint density at radius 1 is 1.00 bits per heavy atom. The van der Waals surface area contributed by atoms with Crippen molar-refractivity contribution in [2.45, 2.75) is 39.9 Å². The molecule has 3 rings (SSSR count). The molecule has 180 valence electrons. The van der Waals surface area contributed by atoms with Crippen LogP contribution >= 0.6 is 0 Å². The first-order chi connectivity index (χ1) is 16.4. The number of nitrogens with zero attached hydrogens (tertiary/aromatic N) is 1. The molecule has 0 aliphatic rings. The summed E-state index contributed by atoms with van der Waals surface area (Å²) in [5, 5.41) is 9.27. The van der Waals surface area contributed by atoms with Crippen molar-refractivity contribution >= 4 is 0 Å². The van der Waals surface area contributed by atoms with E-state index in [9.17, 15) is 5.11 Å². The van der Waals surface area contributed by atoms with E-state index in [1.165, 1.54) is 0 Å². The zero-order valence-electron chi connectivity index (χ0n) is 20.3. The second-order valence-corrected chi connectivity index (χ2v) is 8.19. The Morgan fingerprint density at radius 3 is 2.38 bits per heavy atom. The van der Waals surface area contributed by atoms with Crippen LogP contribution in [-0.2, 0) is 4.74 Å². The maximum atomic E-state index is 9.27. The van der Waals surface area contributed by atoms with Crippen LogP contribution in [0.1, 0.15) is 38.1 Å². The number of hydrogen-bond acceptors (Lipinski definition) is 6. The highest BCUT2D eigenvalue weighted by molar-refractivity contribution is 5.60. The lowest BCUT2D eigenvalue weighted by Crippen LogP contribution is -2.16. The van der Waals surface area contributed by atoms with Gasteiger partial charge in [-0.1, -0.05) is 12.6 Å². The van der Waals surface area contributed by atoms with Gasteiger partial charge in [-0.25, -0.2) is 4.98 Å². The minimum Gasteiger partial charge on any atom is -0.509 e. The highest BCUT2D eigenvalue weighted by Crippen LogP contribution is 2.29. The van der Waals surface area contributed by atoms with Crippen LogP contribution in [0.25, 0.3) is 11.3 Å². The Hall–Kier alpha value is -3.51. The summed E-state index contributed by atoms with van der Waals surface area (Å²) in [7, 11) is 0. The predicted molar refractivity (Wildman–Crippen MR) is 134 cm³/mol. The van der Waals surface area contributed by atoms with E-state index in [0.717, 1.165) is 28.3 Å². The standard InChI is InChI=1S/C28H33NO5/c1-6-31-18-28(34-24-14-15-27(20(4)16-24)32-17-21(5)30)26-9-7-8-25(29-26)22-10-12-23(13-11-22)33-19(2)3/h7-16,19,28,30H,5-6,17-18H2,1-4H3. The van der Waals surface area contributed by atoms with Crippen LogP contribution in [0.15, 0.2) is 73.0 Å². The molecule has 2 aromatic carbocycles. The molecule has 1 N–H and O–H groups in total. The van der Waals surface area contributed by atoms with Crippen LogP contribution < -0.4 is 14.2 Å². The number of ether oxygens (including phenoxy) is 4. The van der Waals surface area contributed by atoms with E-state index in [2.05, 4.69) is 6.58 Å². The van der Waals surface area contributed by atoms with Crippen LogP contribution in [0.5, 0.6) is 17.2 Å². The fourth-order valence-electron chi connectivity index (χ4n) is 3.36. The van der Waals surface area contributed by atoms with Gasteiger partial charge < -0.3 is 24.1 Å². The SMILES string of the molecule is C=C(O)COc1ccc(OC(COCC)c2cccc(-c3ccc(OC(C)C)cc3)n2)cc1C. The highest BCUT2D eigenvalue weighted by atomic mass is 16.5. The van der Waals surface area contributed by atoms with E-state index in [1.807, 2.05) is 88.4 Å². The summed E-state index contributed by atoms with van der Waals surface area (Å²) in [5.41, 5.74) is 3.51. The van der Waals surface area contributed by atoms with Crippen LogP contribution in [0.2, 0.25) is 0 Å². The van der Waals surface area contributed by atoms with Gasteiger partial charge in [0.05, 0.1) is 24.1 Å². The quantitative estimate of drug-likeness (QED) is 0.311. The molecule has 0 spiro atoms. The van der Waals surface area contributed by atoms with Crippen molar-refractivity contribution in [1.82, 2.24) is 4.98 Å². The van der Waals surface area contributed by atoms with Gasteiger partial charge in [-0.2, -0.15) is 0 Å². The summed E-state index contributed by atoms with van der Waals surface area (Å²) in [4.78, 5) is 4.86. The molecule has 1 atom stereocenters. The van der Waals surface area contributed by atoms with Crippen molar-refractivity contribution in [3.8, 4) is 28.5 Å². The van der Waals surface area contributed by atoms with Crippen LogP contribution in [0, 0.1) is 6.92 Å². The Bertz CT molecular complexity index is 1080. The Kier molecular flexibility index (Phi) is 8.93. The Labute approximate surface area is 201 Å². The molecule has 6 heteroatoms. The largest absolute Gasteiger partial charge is 0.509 e. The van der Waals surface area contributed by atoms with Gasteiger partial charge in [0.25, 0.3) is 0 Å². The Morgan fingerprint density at radius 2 is 1.74 bits per heavy atom. The molecule has 34 heavy (non-hydrogen) atoms. The van der Waals surface area contributed by atoms with E-state index in [4.69, 9.17) is 23.9 Å². The summed E-state index contributed by atoms with van der Waals surface area (Å²) in [6.45, 7) is 12.3. The van der Waals surface area contributed by atoms with E-state index >= 15 is 0 Å². The molecule has 3 aromatic rings. The smallest absolute Gasteiger partial charge is 0.164 e. The van der Waals surface area contributed by atoms with Gasteiger partial charge in [-0.15, -0.1) is 0 Å². The molecule has 1 heterocycles. The third-order valence-electron chi connectivity index (χ3n) is 4.91. The molecule has 1 unspecified atom stereocenters. The highest BCUT2D eigenvalue weighted by Gasteiger charge is 2.17. The number of aliphatic hydroxyl groups excluding tert-OH is 1. The minimum absolute atomic E-state index is 0.0236. The molecule has 6 nitrogen and oxygen atoms in total. The summed E-state index contributed by atoms with van der Waals surface area (Å²) in [6, 6.07) is 19.4. The van der Waals surface area contributed by atoms with Gasteiger partial charge in [0.2, 0.25) is 0 Å². The number of aryl methyl sites for hydroxylation is 1. The molecule has 1 aromatic heterocycles. The molecule has 0 saturated heterocycles. The Balaban J connectivity index is 1.80. The number of aliphatic hydroxyl groups is 1. The van der Waals surface area contributed by atoms with E-state index < -0.39 is 0 Å². The fourth-order valence-corrected chi connectivity index (χ4v) is 3.36. The van der Waals surface area contributed by atoms with Gasteiger partial charge in [0.15, 0.2) is 6.10 Å². The molecule has 0 amide bonds. The third kappa shape index (κ3) is 7.25. The van der Waals surface area contributed by atoms with Crippen molar-refractivity contribution in [3.63, 3.8) is 0 Å². The lowest BCUT2D eigenvalue weighted by Gasteiger charge is -2.20. The van der Waals surface area contributed by atoms with Gasteiger partial charge >= 0.3 is 0 Å². The first-order valence-corrected chi connectivity index (χ1v) is 11.4. The average molecular weight is 464 g/mol. The number of rotatable bonds is 12. The van der Waals surface area contributed by atoms with Crippen LogP contribution in [-0.4, -0.2) is 36.0 Å². The molecular weight excluding hydrogens is 430 g/mol. The van der Waals surface area contributed by atoms with E-state index in [1.54, 1.807) is 0 Å². The fraction of sp³-hybridized carbons (Fsp3) is 0.321. The van der Waals surface area contributed by atoms with Crippen molar-refractivity contribution in [2.75, 3.05) is 19.8 Å². The summed E-state index contributed by atoms with van der Waals surface area (Å²) in [6.07, 6.45) is -0.256. The van der Waals surface area contributed by atoms with Crippen molar-refractivity contribution in [1.29, 1.82) is 0 Å². The molecule has 0 aliphatic carbocycles. The minimum atomic E-state index is -0.383. The number of hydrogen-bond donors (Lipinski definition) is 1. The van der Waals surface area contributed by atoms with Gasteiger partial charge in [0.1, 0.15) is 29.6 Å². The van der Waals surface area contributed by atoms with Gasteiger partial charge in [-0.3, -0.25) is 0 Å². The van der Waals surface area contributed by atoms with Gasteiger partial charge in [0, 0.05) is 12.2 Å². The molecule has 0 bridgehead atoms. The first kappa shape index (κ1) is 25.1. The number of benzene rings is 2. The number of pyridine rings is 1. The molecule has 0 radical (unpaired) electrons. The van der Waals surface area contributed by atoms with Crippen molar-refractivity contribution in [3.05, 3.63) is 84.3 Å². The maximum Gasteiger partial charge on any atom is 0.164 e. The summed E-state index contributed by atoms with van der Waals surface area (Å²) in [5.74, 6) is 2.15. The molecule has 0 fully saturated rings. The first-order valence-electron chi connectivity index (χ1n) is 11.4. The molecular formula is C28H33NO5. The molecule has 0 aliphatic heterocycles. The lowest BCUT2D eigenvalue weighted by molar-refractivity contribution is 0.0540. The average Bonchev–Trinajstić information content (AvgIpc) is 2.81. The van der Waals surface area contributed by atoms with Crippen LogP contribution in [0.4, 0.5) is 0 Å². The monoisotopic (exact) mass is 463 g/mol. The second-order valence-electron chi connectivity index (χ2n) is 8.19. The van der Waals surface area contributed by atoms with E-state index in [0.29, 0.717) is 24.7 Å². The third-order valence-corrected chi connectivity index (χ3v) is 4.91. The zero-order valence-corrected chi connectivity index (χ0v) is 20.3. The zero-order chi connectivity index (χ0) is 24.5. The lowest BCUT2D eigenvalue weighted by atomic mass is 10.1. The van der Waals surface area contributed by atoms with Crippen molar-refractivity contribution < 1.29 is 24.1 Å². The number of aromatic nitrogens is 1. The van der Waals surface area contributed by atoms with Crippen molar-refractivity contribution in [2.24, 2.45) is 0 Å². The summed E-state index contributed by atoms with van der Waals surface area (Å²) < 4.78 is 23.3. The predicted octanol–water partition coefficient (Wildman–Crippen LogP) is 6.45. The molecule has 0 saturated carbocycles. The normalized spacial score (nSPS) is 11.8. The van der Waals surface area contributed by atoms with Crippen LogP contribution in [0.3, 0.4) is 0 Å². The topological polar surface area (TPSA) is 70.0 Å². The second kappa shape index (κ2) is 12.1. The maximum absolute atomic E-state index is 9.27.